The van der Waals surface area contributed by atoms with Gasteiger partial charge in [-0.15, -0.1) is 12.4 Å². The van der Waals surface area contributed by atoms with E-state index >= 15 is 0 Å². The molecule has 2 rings (SSSR count). The van der Waals surface area contributed by atoms with Crippen molar-refractivity contribution in [2.24, 2.45) is 5.73 Å². The van der Waals surface area contributed by atoms with Gasteiger partial charge < -0.3 is 10.5 Å². The summed E-state index contributed by atoms with van der Waals surface area (Å²) in [6, 6.07) is 2.07. The van der Waals surface area contributed by atoms with Crippen LogP contribution >= 0.6 is 12.4 Å². The van der Waals surface area contributed by atoms with Crippen LogP contribution in [-0.2, 0) is 0 Å². The highest BCUT2D eigenvalue weighted by Crippen LogP contribution is 2.30. The Morgan fingerprint density at radius 3 is 3.08 bits per heavy atom. The lowest BCUT2D eigenvalue weighted by atomic mass is 10.00. The lowest BCUT2D eigenvalue weighted by molar-refractivity contribution is 0.257. The predicted molar refractivity (Wildman–Crippen MR) is 53.3 cm³/mol. The van der Waals surface area contributed by atoms with Crippen LogP contribution in [0.2, 0.25) is 0 Å². The molecule has 72 valence electrons. The van der Waals surface area contributed by atoms with E-state index in [1.54, 1.807) is 6.20 Å². The van der Waals surface area contributed by atoms with Crippen molar-refractivity contribution < 1.29 is 4.74 Å². The molecule has 1 atom stereocenters. The number of nitrogens with two attached hydrogens (primary N) is 1. The Morgan fingerprint density at radius 2 is 2.38 bits per heavy atom. The Labute approximate surface area is 83.7 Å². The smallest absolute Gasteiger partial charge is 0.218 e. The van der Waals surface area contributed by atoms with Crippen molar-refractivity contribution in [3.05, 3.63) is 23.4 Å². The molecule has 0 radical (unpaired) electrons. The highest BCUT2D eigenvalue weighted by Gasteiger charge is 2.20. The number of ether oxygens (including phenoxy) is 1. The number of pyridine rings is 1. The number of nitrogens with zero attached hydrogens (tertiary/aromatic N) is 1. The van der Waals surface area contributed by atoms with E-state index in [0.29, 0.717) is 12.5 Å². The van der Waals surface area contributed by atoms with Gasteiger partial charge in [0, 0.05) is 24.2 Å². The molecule has 0 spiro atoms. The molecule has 3 nitrogen and oxygen atoms in total. The summed E-state index contributed by atoms with van der Waals surface area (Å²) in [4.78, 5) is 4.13. The second-order valence-electron chi connectivity index (χ2n) is 3.09. The second-order valence-corrected chi connectivity index (χ2v) is 3.09. The average molecular weight is 201 g/mol. The van der Waals surface area contributed by atoms with Crippen LogP contribution < -0.4 is 10.5 Å². The van der Waals surface area contributed by atoms with E-state index < -0.39 is 0 Å². The van der Waals surface area contributed by atoms with E-state index in [1.807, 2.05) is 13.0 Å². The van der Waals surface area contributed by atoms with E-state index in [0.717, 1.165) is 12.0 Å². The normalized spacial score (nSPS) is 19.7. The highest BCUT2D eigenvalue weighted by molar-refractivity contribution is 5.85. The molecule has 0 amide bonds. The van der Waals surface area contributed by atoms with Gasteiger partial charge in [-0.25, -0.2) is 4.98 Å². The molecule has 13 heavy (non-hydrogen) atoms. The zero-order chi connectivity index (χ0) is 8.55. The van der Waals surface area contributed by atoms with E-state index in [4.69, 9.17) is 10.5 Å². The van der Waals surface area contributed by atoms with E-state index in [1.165, 1.54) is 5.56 Å². The SMILES string of the molecule is Cc1ccnc2c1C(N)CCO2.Cl. The van der Waals surface area contributed by atoms with Gasteiger partial charge in [0.05, 0.1) is 6.61 Å². The summed E-state index contributed by atoms with van der Waals surface area (Å²) in [5, 5.41) is 0. The molecule has 1 aliphatic rings. The molecular formula is C9H13ClN2O. The molecule has 0 aromatic carbocycles. The molecule has 2 heterocycles. The van der Waals surface area contributed by atoms with Crippen molar-refractivity contribution in [1.29, 1.82) is 0 Å². The van der Waals surface area contributed by atoms with Crippen LogP contribution in [0.25, 0.3) is 0 Å². The van der Waals surface area contributed by atoms with Crippen LogP contribution in [0, 0.1) is 6.92 Å². The molecule has 1 aromatic rings. The van der Waals surface area contributed by atoms with Gasteiger partial charge in [-0.1, -0.05) is 0 Å². The Bertz CT molecular complexity index is 304. The maximum atomic E-state index is 5.93. The minimum atomic E-state index is 0. The summed E-state index contributed by atoms with van der Waals surface area (Å²) in [6.07, 6.45) is 2.64. The first-order valence-electron chi connectivity index (χ1n) is 4.13. The fraction of sp³-hybridized carbons (Fsp3) is 0.444. The van der Waals surface area contributed by atoms with Gasteiger partial charge in [-0.3, -0.25) is 0 Å². The van der Waals surface area contributed by atoms with E-state index in [9.17, 15) is 0 Å². The maximum absolute atomic E-state index is 5.93. The quantitative estimate of drug-likeness (QED) is 0.692. The molecule has 1 aliphatic heterocycles. The monoisotopic (exact) mass is 200 g/mol. The first kappa shape index (κ1) is 10.3. The van der Waals surface area contributed by atoms with Crippen LogP contribution in [0.5, 0.6) is 5.88 Å². The van der Waals surface area contributed by atoms with Crippen LogP contribution in [0.3, 0.4) is 0 Å². The average Bonchev–Trinajstić information content (AvgIpc) is 2.04. The molecule has 0 aliphatic carbocycles. The van der Waals surface area contributed by atoms with Crippen molar-refractivity contribution in [3.63, 3.8) is 0 Å². The highest BCUT2D eigenvalue weighted by atomic mass is 35.5. The minimum absolute atomic E-state index is 0. The molecule has 2 N–H and O–H groups in total. The summed E-state index contributed by atoms with van der Waals surface area (Å²) in [6.45, 7) is 2.72. The molecular weight excluding hydrogens is 188 g/mol. The molecule has 0 saturated heterocycles. The van der Waals surface area contributed by atoms with Gasteiger partial charge in [0.2, 0.25) is 5.88 Å². The second kappa shape index (κ2) is 3.94. The van der Waals surface area contributed by atoms with Crippen LogP contribution in [0.15, 0.2) is 12.3 Å². The summed E-state index contributed by atoms with van der Waals surface area (Å²) in [7, 11) is 0. The number of rotatable bonds is 0. The first-order valence-corrected chi connectivity index (χ1v) is 4.13. The van der Waals surface area contributed by atoms with Crippen molar-refractivity contribution in [2.75, 3.05) is 6.61 Å². The van der Waals surface area contributed by atoms with Gasteiger partial charge in [0.1, 0.15) is 0 Å². The van der Waals surface area contributed by atoms with Gasteiger partial charge in [-0.2, -0.15) is 0 Å². The molecule has 4 heteroatoms. The third-order valence-corrected chi connectivity index (χ3v) is 2.21. The number of halogens is 1. The van der Waals surface area contributed by atoms with Gasteiger partial charge in [-0.05, 0) is 18.6 Å². The Balaban J connectivity index is 0.000000845. The van der Waals surface area contributed by atoms with Crippen LogP contribution in [0.4, 0.5) is 0 Å². The predicted octanol–water partition coefficient (Wildman–Crippen LogP) is 1.59. The third-order valence-electron chi connectivity index (χ3n) is 2.21. The first-order chi connectivity index (χ1) is 5.79. The number of fused-ring (bicyclic) bond motifs is 1. The zero-order valence-corrected chi connectivity index (χ0v) is 8.30. The Morgan fingerprint density at radius 1 is 1.62 bits per heavy atom. The fourth-order valence-corrected chi connectivity index (χ4v) is 1.54. The molecule has 1 aromatic heterocycles. The minimum Gasteiger partial charge on any atom is -0.477 e. The Kier molecular flexibility index (Phi) is 3.12. The van der Waals surface area contributed by atoms with Crippen molar-refractivity contribution in [2.45, 2.75) is 19.4 Å². The van der Waals surface area contributed by atoms with Gasteiger partial charge in [0.15, 0.2) is 0 Å². The summed E-state index contributed by atoms with van der Waals surface area (Å²) >= 11 is 0. The van der Waals surface area contributed by atoms with E-state index in [-0.39, 0.29) is 18.4 Å². The van der Waals surface area contributed by atoms with Gasteiger partial charge >= 0.3 is 0 Å². The topological polar surface area (TPSA) is 48.1 Å². The van der Waals surface area contributed by atoms with Crippen molar-refractivity contribution in [1.82, 2.24) is 4.98 Å². The summed E-state index contributed by atoms with van der Waals surface area (Å²) in [5.74, 6) is 0.716. The summed E-state index contributed by atoms with van der Waals surface area (Å²) in [5.41, 5.74) is 8.17. The maximum Gasteiger partial charge on any atom is 0.218 e. The fourth-order valence-electron chi connectivity index (χ4n) is 1.54. The Hall–Kier alpha value is -0.800. The number of aromatic nitrogens is 1. The molecule has 0 bridgehead atoms. The lowest BCUT2D eigenvalue weighted by Gasteiger charge is -2.23. The third kappa shape index (κ3) is 1.76. The summed E-state index contributed by atoms with van der Waals surface area (Å²) < 4.78 is 5.38. The van der Waals surface area contributed by atoms with Crippen LogP contribution in [-0.4, -0.2) is 11.6 Å². The zero-order valence-electron chi connectivity index (χ0n) is 7.49. The lowest BCUT2D eigenvalue weighted by Crippen LogP contribution is -2.22. The van der Waals surface area contributed by atoms with Gasteiger partial charge in [0.25, 0.3) is 0 Å². The standard InChI is InChI=1S/C9H12N2O.ClH/c1-6-2-4-11-9-8(6)7(10)3-5-12-9;/h2,4,7H,3,5,10H2,1H3;1H. The number of hydrogen-bond donors (Lipinski definition) is 1. The number of hydrogen-bond acceptors (Lipinski definition) is 3. The van der Waals surface area contributed by atoms with Crippen LogP contribution in [0.1, 0.15) is 23.6 Å². The number of aryl methyl sites for hydroxylation is 1. The molecule has 0 saturated carbocycles. The molecule has 1 unspecified atom stereocenters. The van der Waals surface area contributed by atoms with E-state index in [2.05, 4.69) is 4.98 Å². The van der Waals surface area contributed by atoms with Crippen molar-refractivity contribution in [3.8, 4) is 5.88 Å². The largest absolute Gasteiger partial charge is 0.477 e. The van der Waals surface area contributed by atoms with Crippen molar-refractivity contribution >= 4 is 12.4 Å². The molecule has 0 fully saturated rings.